The molecule has 0 saturated heterocycles. The summed E-state index contributed by atoms with van der Waals surface area (Å²) in [5, 5.41) is 0. The molecule has 0 aliphatic heterocycles. The van der Waals surface area contributed by atoms with Crippen molar-refractivity contribution in [1.29, 1.82) is 0 Å². The Morgan fingerprint density at radius 3 is 2.57 bits per heavy atom. The summed E-state index contributed by atoms with van der Waals surface area (Å²) in [4.78, 5) is 3.75. The molecule has 1 fully saturated rings. The molecule has 1 aromatic heterocycles. The van der Waals surface area contributed by atoms with Crippen LogP contribution in [-0.4, -0.2) is 10.5 Å². The van der Waals surface area contributed by atoms with Crippen LogP contribution in [0.2, 0.25) is 0 Å². The summed E-state index contributed by atoms with van der Waals surface area (Å²) in [7, 11) is 0. The van der Waals surface area contributed by atoms with Crippen molar-refractivity contribution in [2.45, 2.75) is 37.6 Å². The lowest BCUT2D eigenvalue weighted by Gasteiger charge is -2.31. The number of rotatable bonds is 2. The van der Waals surface area contributed by atoms with Crippen LogP contribution in [0.5, 0.6) is 0 Å². The third-order valence-electron chi connectivity index (χ3n) is 3.27. The Kier molecular flexibility index (Phi) is 1.89. The van der Waals surface area contributed by atoms with E-state index >= 15 is 0 Å². The molecule has 1 heterocycles. The van der Waals surface area contributed by atoms with Gasteiger partial charge in [0.2, 0.25) is 0 Å². The van der Waals surface area contributed by atoms with E-state index in [0.717, 1.165) is 18.4 Å². The third-order valence-corrected chi connectivity index (χ3v) is 3.27. The summed E-state index contributed by atoms with van der Waals surface area (Å²) in [5.41, 5.74) is 6.28. The summed E-state index contributed by atoms with van der Waals surface area (Å²) in [6.07, 6.45) is 4.83. The smallest absolute Gasteiger partial charge is 0.145 e. The molecular weight excluding hydrogens is 179 g/mol. The Morgan fingerprint density at radius 1 is 1.50 bits per heavy atom. The molecule has 1 saturated carbocycles. The molecule has 14 heavy (non-hydrogen) atoms. The topological polar surface area (TPSA) is 38.9 Å². The van der Waals surface area contributed by atoms with E-state index in [1.807, 2.05) is 13.8 Å². The first-order valence-corrected chi connectivity index (χ1v) is 4.86. The van der Waals surface area contributed by atoms with Crippen LogP contribution in [0.1, 0.15) is 32.3 Å². The molecule has 1 aliphatic rings. The highest BCUT2D eigenvalue weighted by atomic mass is 19.1. The van der Waals surface area contributed by atoms with E-state index < -0.39 is 0 Å². The van der Waals surface area contributed by atoms with Gasteiger partial charge in [-0.25, -0.2) is 4.39 Å². The van der Waals surface area contributed by atoms with E-state index in [1.165, 1.54) is 6.20 Å². The predicted octanol–water partition coefficient (Wildman–Crippen LogP) is 1.99. The zero-order chi connectivity index (χ0) is 10.4. The van der Waals surface area contributed by atoms with Crippen molar-refractivity contribution in [1.82, 2.24) is 4.98 Å². The Labute approximate surface area is 83.3 Å². The largest absolute Gasteiger partial charge is 0.325 e. The standard InChI is InChI=1S/C11H15FN2/c1-10(2,13)11(4-5-11)8-3-6-14-7-9(8)12/h3,6-7H,4-5,13H2,1-2H3. The zero-order valence-electron chi connectivity index (χ0n) is 8.55. The monoisotopic (exact) mass is 194 g/mol. The molecule has 0 atom stereocenters. The van der Waals surface area contributed by atoms with Gasteiger partial charge < -0.3 is 5.73 Å². The van der Waals surface area contributed by atoms with Gasteiger partial charge in [-0.05, 0) is 38.3 Å². The van der Waals surface area contributed by atoms with Crippen LogP contribution in [0.15, 0.2) is 18.5 Å². The quantitative estimate of drug-likeness (QED) is 0.782. The number of nitrogens with two attached hydrogens (primary N) is 1. The van der Waals surface area contributed by atoms with Gasteiger partial charge >= 0.3 is 0 Å². The lowest BCUT2D eigenvalue weighted by molar-refractivity contribution is 0.378. The third kappa shape index (κ3) is 1.23. The lowest BCUT2D eigenvalue weighted by Crippen LogP contribution is -2.45. The fourth-order valence-electron chi connectivity index (χ4n) is 2.15. The Hall–Kier alpha value is -0.960. The normalized spacial score (nSPS) is 19.4. The van der Waals surface area contributed by atoms with Gasteiger partial charge in [-0.15, -0.1) is 0 Å². The van der Waals surface area contributed by atoms with Gasteiger partial charge in [-0.1, -0.05) is 0 Å². The first-order chi connectivity index (χ1) is 6.47. The van der Waals surface area contributed by atoms with Crippen molar-refractivity contribution >= 4 is 0 Å². The molecule has 0 spiro atoms. The van der Waals surface area contributed by atoms with Crippen LogP contribution in [-0.2, 0) is 5.41 Å². The zero-order valence-corrected chi connectivity index (χ0v) is 8.55. The van der Waals surface area contributed by atoms with Gasteiger partial charge in [-0.3, -0.25) is 4.98 Å². The Balaban J connectivity index is 2.46. The second-order valence-electron chi connectivity index (χ2n) is 4.66. The Bertz CT molecular complexity index is 351. The van der Waals surface area contributed by atoms with Crippen molar-refractivity contribution in [2.24, 2.45) is 5.73 Å². The highest BCUT2D eigenvalue weighted by Crippen LogP contribution is 2.55. The van der Waals surface area contributed by atoms with Crippen molar-refractivity contribution < 1.29 is 4.39 Å². The van der Waals surface area contributed by atoms with Gasteiger partial charge in [0.25, 0.3) is 0 Å². The maximum absolute atomic E-state index is 13.5. The van der Waals surface area contributed by atoms with Crippen molar-refractivity contribution in [3.63, 3.8) is 0 Å². The predicted molar refractivity (Wildman–Crippen MR) is 53.4 cm³/mol. The van der Waals surface area contributed by atoms with Gasteiger partial charge in [-0.2, -0.15) is 0 Å². The van der Waals surface area contributed by atoms with E-state index in [-0.39, 0.29) is 16.8 Å². The van der Waals surface area contributed by atoms with Gasteiger partial charge in [0, 0.05) is 17.2 Å². The van der Waals surface area contributed by atoms with Crippen LogP contribution >= 0.6 is 0 Å². The van der Waals surface area contributed by atoms with Crippen molar-refractivity contribution in [2.75, 3.05) is 0 Å². The summed E-state index contributed by atoms with van der Waals surface area (Å²) in [6, 6.07) is 1.75. The fourth-order valence-corrected chi connectivity index (χ4v) is 2.15. The minimum absolute atomic E-state index is 0.167. The molecule has 76 valence electrons. The molecule has 2 N–H and O–H groups in total. The number of hydrogen-bond acceptors (Lipinski definition) is 2. The second-order valence-corrected chi connectivity index (χ2v) is 4.66. The number of aromatic nitrogens is 1. The average molecular weight is 194 g/mol. The van der Waals surface area contributed by atoms with Crippen LogP contribution in [0.25, 0.3) is 0 Å². The van der Waals surface area contributed by atoms with Gasteiger partial charge in [0.05, 0.1) is 6.20 Å². The maximum atomic E-state index is 13.5. The van der Waals surface area contributed by atoms with E-state index in [9.17, 15) is 4.39 Å². The summed E-state index contributed by atoms with van der Waals surface area (Å²) in [6.45, 7) is 3.92. The van der Waals surface area contributed by atoms with Crippen LogP contribution in [0.3, 0.4) is 0 Å². The molecule has 0 amide bonds. The Morgan fingerprint density at radius 2 is 2.14 bits per heavy atom. The summed E-state index contributed by atoms with van der Waals surface area (Å²) >= 11 is 0. The molecule has 0 radical (unpaired) electrons. The summed E-state index contributed by atoms with van der Waals surface area (Å²) in [5.74, 6) is -0.233. The molecular formula is C11H15FN2. The number of hydrogen-bond donors (Lipinski definition) is 1. The van der Waals surface area contributed by atoms with Gasteiger partial charge in [0.1, 0.15) is 5.82 Å². The van der Waals surface area contributed by atoms with E-state index in [2.05, 4.69) is 4.98 Å². The number of nitrogens with zero attached hydrogens (tertiary/aromatic N) is 1. The maximum Gasteiger partial charge on any atom is 0.145 e. The molecule has 2 nitrogen and oxygen atoms in total. The minimum Gasteiger partial charge on any atom is -0.325 e. The average Bonchev–Trinajstić information content (AvgIpc) is 2.84. The lowest BCUT2D eigenvalue weighted by atomic mass is 9.79. The number of halogens is 1. The highest BCUT2D eigenvalue weighted by molar-refractivity contribution is 5.35. The molecule has 0 aromatic carbocycles. The molecule has 1 aromatic rings. The van der Waals surface area contributed by atoms with Gasteiger partial charge in [0.15, 0.2) is 0 Å². The second kappa shape index (κ2) is 2.76. The first kappa shape index (κ1) is 9.59. The minimum atomic E-state index is -0.366. The van der Waals surface area contributed by atoms with Crippen molar-refractivity contribution in [3.05, 3.63) is 29.8 Å². The van der Waals surface area contributed by atoms with Crippen LogP contribution in [0.4, 0.5) is 4.39 Å². The molecule has 2 rings (SSSR count). The van der Waals surface area contributed by atoms with E-state index in [4.69, 9.17) is 5.73 Å². The summed E-state index contributed by atoms with van der Waals surface area (Å²) < 4.78 is 13.5. The molecule has 3 heteroatoms. The van der Waals surface area contributed by atoms with E-state index in [1.54, 1.807) is 12.3 Å². The van der Waals surface area contributed by atoms with Crippen molar-refractivity contribution in [3.8, 4) is 0 Å². The molecule has 0 bridgehead atoms. The first-order valence-electron chi connectivity index (χ1n) is 4.86. The molecule has 1 aliphatic carbocycles. The van der Waals surface area contributed by atoms with E-state index in [0.29, 0.717) is 0 Å². The fraction of sp³-hybridized carbons (Fsp3) is 0.545. The highest BCUT2D eigenvalue weighted by Gasteiger charge is 2.54. The van der Waals surface area contributed by atoms with Crippen LogP contribution in [0, 0.1) is 5.82 Å². The SMILES string of the molecule is CC(C)(N)C1(c2ccncc2F)CC1. The molecule has 0 unspecified atom stereocenters. The van der Waals surface area contributed by atoms with Crippen LogP contribution < -0.4 is 5.73 Å². The number of pyridine rings is 1.